The summed E-state index contributed by atoms with van der Waals surface area (Å²) in [4.78, 5) is 39.4. The zero-order chi connectivity index (χ0) is 38.4. The van der Waals surface area contributed by atoms with Crippen molar-refractivity contribution in [2.45, 2.75) is 89.1 Å². The van der Waals surface area contributed by atoms with E-state index < -0.39 is 30.4 Å². The van der Waals surface area contributed by atoms with Crippen LogP contribution in [-0.4, -0.2) is 76.7 Å². The van der Waals surface area contributed by atoms with Crippen LogP contribution in [0.25, 0.3) is 0 Å². The average molecular weight is 759 g/mol. The second-order valence-corrected chi connectivity index (χ2v) is 21.5. The SMILES string of the molecule is CCC1=C(C)CN(C(=O)NCCc2ccc(S(=O)(=O)N(C)C(=O)NC3CCC(CO[Si](c4ccccc4)(c4ccccc4)C(C)(C)C)CC3)cc2)C1=O. The summed E-state index contributed by atoms with van der Waals surface area (Å²) in [6.45, 7) is 11.8. The van der Waals surface area contributed by atoms with Gasteiger partial charge in [0.2, 0.25) is 0 Å². The number of benzene rings is 3. The minimum absolute atomic E-state index is 0.00318. The maximum absolute atomic E-state index is 13.4. The quantitative estimate of drug-likeness (QED) is 0.220. The van der Waals surface area contributed by atoms with Crippen molar-refractivity contribution >= 4 is 46.7 Å². The summed E-state index contributed by atoms with van der Waals surface area (Å²) in [5.41, 5.74) is 2.39. The fourth-order valence-electron chi connectivity index (χ4n) is 7.61. The first-order valence-corrected chi connectivity index (χ1v) is 22.0. The monoisotopic (exact) mass is 758 g/mol. The van der Waals surface area contributed by atoms with Crippen LogP contribution in [0.3, 0.4) is 0 Å². The summed E-state index contributed by atoms with van der Waals surface area (Å²) >= 11 is 0. The van der Waals surface area contributed by atoms with Crippen LogP contribution < -0.4 is 21.0 Å². The van der Waals surface area contributed by atoms with Gasteiger partial charge in [0.15, 0.2) is 0 Å². The highest BCUT2D eigenvalue weighted by atomic mass is 32.2. The Morgan fingerprint density at radius 2 is 1.47 bits per heavy atom. The van der Waals surface area contributed by atoms with Crippen molar-refractivity contribution < 1.29 is 27.2 Å². The lowest BCUT2D eigenvalue weighted by atomic mass is 9.87. The fourth-order valence-corrected chi connectivity index (χ4v) is 13.3. The summed E-state index contributed by atoms with van der Waals surface area (Å²) in [7, 11) is -5.46. The molecule has 0 unspecified atom stereocenters. The third-order valence-corrected chi connectivity index (χ3v) is 17.5. The first kappa shape index (κ1) is 39.9. The van der Waals surface area contributed by atoms with Gasteiger partial charge in [0, 0.05) is 31.8 Å². The number of rotatable bonds is 12. The summed E-state index contributed by atoms with van der Waals surface area (Å²) in [6, 6.07) is 26.2. The Hall–Kier alpha value is -4.26. The van der Waals surface area contributed by atoms with Crippen molar-refractivity contribution in [3.8, 4) is 0 Å². The average Bonchev–Trinajstić information content (AvgIpc) is 3.44. The molecule has 53 heavy (non-hydrogen) atoms. The van der Waals surface area contributed by atoms with Gasteiger partial charge in [-0.1, -0.05) is 100 Å². The first-order chi connectivity index (χ1) is 25.2. The van der Waals surface area contributed by atoms with Gasteiger partial charge in [-0.3, -0.25) is 9.69 Å². The number of sulfonamides is 1. The molecule has 2 aliphatic rings. The third kappa shape index (κ3) is 8.77. The number of nitrogens with zero attached hydrogens (tertiary/aromatic N) is 2. The Balaban J connectivity index is 1.11. The molecule has 1 saturated carbocycles. The molecule has 3 aromatic carbocycles. The lowest BCUT2D eigenvalue weighted by Crippen LogP contribution is -2.67. The van der Waals surface area contributed by atoms with Gasteiger partial charge in [0.1, 0.15) is 0 Å². The Labute approximate surface area is 316 Å². The van der Waals surface area contributed by atoms with E-state index in [9.17, 15) is 22.8 Å². The van der Waals surface area contributed by atoms with Crippen molar-refractivity contribution in [1.82, 2.24) is 19.8 Å². The molecule has 0 spiro atoms. The van der Waals surface area contributed by atoms with Crippen molar-refractivity contribution in [1.29, 1.82) is 0 Å². The second-order valence-electron chi connectivity index (χ2n) is 15.2. The number of carbonyl (C=O) groups is 3. The van der Waals surface area contributed by atoms with E-state index in [1.165, 1.54) is 34.5 Å². The molecular weight excluding hydrogens is 705 g/mol. The molecule has 0 bridgehead atoms. The Bertz CT molecular complexity index is 1850. The number of nitrogens with one attached hydrogen (secondary N) is 2. The number of carbonyl (C=O) groups excluding carboxylic acids is 3. The molecule has 3 aromatic rings. The first-order valence-electron chi connectivity index (χ1n) is 18.6. The van der Waals surface area contributed by atoms with Gasteiger partial charge >= 0.3 is 12.1 Å². The number of hydrogen-bond donors (Lipinski definition) is 2. The largest absolute Gasteiger partial charge is 0.407 e. The normalized spacial score (nSPS) is 18.2. The highest BCUT2D eigenvalue weighted by Crippen LogP contribution is 2.38. The molecule has 1 aliphatic heterocycles. The van der Waals surface area contributed by atoms with Crippen LogP contribution in [0.1, 0.15) is 72.3 Å². The molecule has 0 atom stereocenters. The molecule has 0 radical (unpaired) electrons. The van der Waals surface area contributed by atoms with Crippen LogP contribution >= 0.6 is 0 Å². The Morgan fingerprint density at radius 3 is 1.98 bits per heavy atom. The maximum Gasteiger partial charge on any atom is 0.331 e. The van der Waals surface area contributed by atoms with E-state index in [-0.39, 0.29) is 28.4 Å². The summed E-state index contributed by atoms with van der Waals surface area (Å²) in [5, 5.41) is 8.11. The van der Waals surface area contributed by atoms with E-state index in [2.05, 4.69) is 79.9 Å². The van der Waals surface area contributed by atoms with E-state index in [1.807, 2.05) is 26.0 Å². The smallest absolute Gasteiger partial charge is 0.331 e. The molecule has 1 heterocycles. The van der Waals surface area contributed by atoms with E-state index in [4.69, 9.17) is 4.43 Å². The maximum atomic E-state index is 13.4. The zero-order valence-electron chi connectivity index (χ0n) is 31.9. The number of urea groups is 2. The lowest BCUT2D eigenvalue weighted by molar-refractivity contribution is -0.123. The molecule has 10 nitrogen and oxygen atoms in total. The van der Waals surface area contributed by atoms with Gasteiger partial charge in [0.05, 0.1) is 11.4 Å². The van der Waals surface area contributed by atoms with Crippen molar-refractivity contribution in [3.05, 3.63) is 102 Å². The van der Waals surface area contributed by atoms with Crippen LogP contribution in [0.2, 0.25) is 5.04 Å². The van der Waals surface area contributed by atoms with Crippen LogP contribution in [-0.2, 0) is 25.7 Å². The molecule has 1 aliphatic carbocycles. The van der Waals surface area contributed by atoms with Crippen LogP contribution in [0, 0.1) is 5.92 Å². The molecule has 1 fully saturated rings. The standard InChI is InChI=1S/C41H54N4O6SSi/c1-7-37-30(2)28-45(38(37)46)39(47)42-27-26-31-20-24-34(25-21-31)52(49,50)44(6)40(48)43-33-22-18-32(19-23-33)29-51-53(41(3,4)5,35-14-10-8-11-15-35)36-16-12-9-13-17-36/h8-17,20-21,24-25,32-33H,7,18-19,22-23,26-29H2,1-6H3,(H,42,47)(H,43,48). The summed E-state index contributed by atoms with van der Waals surface area (Å²) < 4.78 is 34.7. The minimum atomic E-state index is -4.09. The number of hydrogen-bond acceptors (Lipinski definition) is 6. The number of amides is 5. The van der Waals surface area contributed by atoms with Gasteiger partial charge < -0.3 is 15.1 Å². The fraction of sp³-hybridized carbons (Fsp3) is 0.439. The van der Waals surface area contributed by atoms with Gasteiger partial charge in [-0.2, -0.15) is 0 Å². The second kappa shape index (κ2) is 16.8. The van der Waals surface area contributed by atoms with Crippen molar-refractivity contribution in [2.24, 2.45) is 5.92 Å². The summed E-state index contributed by atoms with van der Waals surface area (Å²) in [6.07, 6.45) is 4.24. The van der Waals surface area contributed by atoms with Gasteiger partial charge in [-0.25, -0.2) is 22.3 Å². The molecular formula is C41H54N4O6SSi. The van der Waals surface area contributed by atoms with Crippen LogP contribution in [0.4, 0.5) is 9.59 Å². The highest BCUT2D eigenvalue weighted by molar-refractivity contribution is 7.89. The van der Waals surface area contributed by atoms with Crippen LogP contribution in [0.15, 0.2) is 101 Å². The van der Waals surface area contributed by atoms with Gasteiger partial charge in [0.25, 0.3) is 24.2 Å². The number of imide groups is 1. The minimum Gasteiger partial charge on any atom is -0.407 e. The predicted molar refractivity (Wildman–Crippen MR) is 211 cm³/mol. The summed E-state index contributed by atoms with van der Waals surface area (Å²) in [5.74, 6) is 0.0747. The van der Waals surface area contributed by atoms with E-state index in [0.717, 1.165) is 41.1 Å². The lowest BCUT2D eigenvalue weighted by Gasteiger charge is -2.44. The van der Waals surface area contributed by atoms with Gasteiger partial charge in [-0.15, -0.1) is 0 Å². The molecule has 0 aromatic heterocycles. The van der Waals surface area contributed by atoms with Crippen molar-refractivity contribution in [3.63, 3.8) is 0 Å². The highest BCUT2D eigenvalue weighted by Gasteiger charge is 2.50. The third-order valence-electron chi connectivity index (χ3n) is 10.7. The van der Waals surface area contributed by atoms with Gasteiger partial charge in [-0.05, 0) is 90.0 Å². The van der Waals surface area contributed by atoms with Crippen molar-refractivity contribution in [2.75, 3.05) is 26.7 Å². The molecule has 12 heteroatoms. The molecule has 5 amide bonds. The Morgan fingerprint density at radius 1 is 0.906 bits per heavy atom. The predicted octanol–water partition coefficient (Wildman–Crippen LogP) is 5.97. The molecule has 5 rings (SSSR count). The van der Waals surface area contributed by atoms with Crippen LogP contribution in [0.5, 0.6) is 0 Å². The zero-order valence-corrected chi connectivity index (χ0v) is 33.7. The topological polar surface area (TPSA) is 125 Å². The van der Waals surface area contributed by atoms with E-state index >= 15 is 0 Å². The van der Waals surface area contributed by atoms with E-state index in [0.29, 0.717) is 37.5 Å². The molecule has 2 N–H and O–H groups in total. The molecule has 284 valence electrons. The van der Waals surface area contributed by atoms with E-state index in [1.54, 1.807) is 12.1 Å². The Kier molecular flexibility index (Phi) is 12.7. The molecule has 0 saturated heterocycles.